The number of aryl methyl sites for hydroxylation is 1. The molecule has 0 radical (unpaired) electrons. The van der Waals surface area contributed by atoms with E-state index in [0.29, 0.717) is 17.0 Å². The molecule has 0 unspecified atom stereocenters. The summed E-state index contributed by atoms with van der Waals surface area (Å²) < 4.78 is 32.7. The van der Waals surface area contributed by atoms with E-state index in [4.69, 9.17) is 23.2 Å². The quantitative estimate of drug-likeness (QED) is 0.661. The lowest BCUT2D eigenvalue weighted by molar-refractivity contribution is 0.483. The Labute approximate surface area is 134 Å². The smallest absolute Gasteiger partial charge is 0.282 e. The molecule has 0 heterocycles. The average molecular weight is 345 g/mol. The van der Waals surface area contributed by atoms with Gasteiger partial charge in [0, 0.05) is 17.3 Å². The van der Waals surface area contributed by atoms with Crippen molar-refractivity contribution in [3.8, 4) is 11.1 Å². The molecule has 0 saturated heterocycles. The summed E-state index contributed by atoms with van der Waals surface area (Å²) in [6.07, 6.45) is 0. The number of halogens is 2. The average Bonchev–Trinajstić information content (AvgIpc) is 2.45. The third kappa shape index (κ3) is 3.58. The monoisotopic (exact) mass is 344 g/mol. The molecule has 0 aliphatic carbocycles. The molecule has 6 heteroatoms. The van der Waals surface area contributed by atoms with Crippen LogP contribution in [0.2, 0.25) is 0 Å². The van der Waals surface area contributed by atoms with Gasteiger partial charge in [0.1, 0.15) is 4.90 Å². The molecule has 0 fully saturated rings. The molecule has 0 bridgehead atoms. The second-order valence-corrected chi connectivity index (χ2v) is 6.65. The van der Waals surface area contributed by atoms with E-state index in [2.05, 4.69) is 0 Å². The molecule has 0 aliphatic heterocycles. The minimum absolute atomic E-state index is 0.137. The number of rotatable bonds is 4. The molecule has 0 aromatic heterocycles. The van der Waals surface area contributed by atoms with Crippen molar-refractivity contribution in [1.29, 1.82) is 0 Å². The minimum Gasteiger partial charge on any atom is -0.282 e. The molecule has 2 aromatic rings. The lowest BCUT2D eigenvalue weighted by Crippen LogP contribution is -2.02. The van der Waals surface area contributed by atoms with Crippen LogP contribution in [-0.4, -0.2) is 13.0 Å². The number of hydrogen-bond donors (Lipinski definition) is 1. The molecular weight excluding hydrogens is 331 g/mol. The summed E-state index contributed by atoms with van der Waals surface area (Å²) in [5.74, 6) is 0.560. The first-order valence-corrected chi connectivity index (χ1v) is 8.70. The van der Waals surface area contributed by atoms with Crippen molar-refractivity contribution in [3.63, 3.8) is 0 Å². The van der Waals surface area contributed by atoms with Crippen LogP contribution in [0.3, 0.4) is 0 Å². The number of hydrogen-bond acceptors (Lipinski definition) is 2. The largest absolute Gasteiger partial charge is 0.295 e. The second kappa shape index (κ2) is 6.36. The second-order valence-electron chi connectivity index (χ2n) is 4.72. The van der Waals surface area contributed by atoms with Gasteiger partial charge in [-0.15, -0.1) is 23.2 Å². The number of alkyl halides is 2. The van der Waals surface area contributed by atoms with Gasteiger partial charge in [0.25, 0.3) is 10.1 Å². The van der Waals surface area contributed by atoms with E-state index in [1.807, 2.05) is 19.1 Å². The fourth-order valence-corrected chi connectivity index (χ4v) is 3.29. The molecule has 0 saturated carbocycles. The highest BCUT2D eigenvalue weighted by molar-refractivity contribution is 7.86. The van der Waals surface area contributed by atoms with Crippen molar-refractivity contribution < 1.29 is 13.0 Å². The van der Waals surface area contributed by atoms with Gasteiger partial charge in [0.15, 0.2) is 0 Å². The summed E-state index contributed by atoms with van der Waals surface area (Å²) in [5, 5.41) is 0. The third-order valence-electron chi connectivity index (χ3n) is 3.21. The van der Waals surface area contributed by atoms with E-state index in [1.165, 1.54) is 6.07 Å². The number of benzene rings is 2. The minimum atomic E-state index is -4.33. The van der Waals surface area contributed by atoms with E-state index >= 15 is 0 Å². The Hall–Kier alpha value is -1.07. The van der Waals surface area contributed by atoms with E-state index in [-0.39, 0.29) is 10.8 Å². The van der Waals surface area contributed by atoms with E-state index < -0.39 is 10.1 Å². The molecular formula is C15H14Cl2O3S. The SMILES string of the molecule is Cc1cc(CCl)ccc1-c1ccc(CCl)cc1S(=O)(=O)O. The Bertz CT molecular complexity index is 770. The first-order valence-electron chi connectivity index (χ1n) is 6.19. The normalized spacial score (nSPS) is 11.6. The Morgan fingerprint density at radius 1 is 0.952 bits per heavy atom. The van der Waals surface area contributed by atoms with Crippen LogP contribution in [-0.2, 0) is 21.9 Å². The predicted octanol–water partition coefficient (Wildman–Crippen LogP) is 4.39. The van der Waals surface area contributed by atoms with Crippen LogP contribution in [0.4, 0.5) is 0 Å². The van der Waals surface area contributed by atoms with Gasteiger partial charge in [0.2, 0.25) is 0 Å². The molecule has 0 aliphatic rings. The Morgan fingerprint density at radius 3 is 1.95 bits per heavy atom. The van der Waals surface area contributed by atoms with Crippen molar-refractivity contribution in [2.45, 2.75) is 23.6 Å². The van der Waals surface area contributed by atoms with Crippen LogP contribution in [0, 0.1) is 6.92 Å². The van der Waals surface area contributed by atoms with Crippen LogP contribution >= 0.6 is 23.2 Å². The van der Waals surface area contributed by atoms with Crippen LogP contribution in [0.15, 0.2) is 41.3 Å². The Balaban J connectivity index is 2.69. The molecule has 0 atom stereocenters. The lowest BCUT2D eigenvalue weighted by atomic mass is 9.98. The fourth-order valence-electron chi connectivity index (χ4n) is 2.20. The zero-order valence-corrected chi connectivity index (χ0v) is 13.6. The molecule has 112 valence electrons. The maximum Gasteiger partial charge on any atom is 0.295 e. The van der Waals surface area contributed by atoms with Gasteiger partial charge in [-0.2, -0.15) is 8.42 Å². The zero-order chi connectivity index (χ0) is 15.6. The van der Waals surface area contributed by atoms with Gasteiger partial charge >= 0.3 is 0 Å². The molecule has 1 N–H and O–H groups in total. The highest BCUT2D eigenvalue weighted by atomic mass is 35.5. The molecule has 2 aromatic carbocycles. The third-order valence-corrected chi connectivity index (χ3v) is 4.72. The Kier molecular flexibility index (Phi) is 4.94. The molecule has 21 heavy (non-hydrogen) atoms. The van der Waals surface area contributed by atoms with E-state index in [0.717, 1.165) is 16.7 Å². The highest BCUT2D eigenvalue weighted by Crippen LogP contribution is 2.31. The first-order chi connectivity index (χ1) is 9.86. The zero-order valence-electron chi connectivity index (χ0n) is 11.3. The van der Waals surface area contributed by atoms with Crippen LogP contribution in [0.5, 0.6) is 0 Å². The molecule has 2 rings (SSSR count). The Morgan fingerprint density at radius 2 is 1.48 bits per heavy atom. The fraction of sp³-hybridized carbons (Fsp3) is 0.200. The van der Waals surface area contributed by atoms with Crippen molar-refractivity contribution in [2.75, 3.05) is 0 Å². The van der Waals surface area contributed by atoms with Gasteiger partial charge < -0.3 is 0 Å². The summed E-state index contributed by atoms with van der Waals surface area (Å²) in [6, 6.07) is 10.3. The van der Waals surface area contributed by atoms with E-state index in [9.17, 15) is 13.0 Å². The van der Waals surface area contributed by atoms with Crippen molar-refractivity contribution in [2.24, 2.45) is 0 Å². The first kappa shape index (κ1) is 16.3. The van der Waals surface area contributed by atoms with Gasteiger partial charge in [-0.05, 0) is 35.2 Å². The molecule has 3 nitrogen and oxygen atoms in total. The maximum absolute atomic E-state index is 11.6. The van der Waals surface area contributed by atoms with Gasteiger partial charge in [0.05, 0.1) is 0 Å². The highest BCUT2D eigenvalue weighted by Gasteiger charge is 2.18. The molecule has 0 amide bonds. The van der Waals surface area contributed by atoms with Crippen LogP contribution in [0.25, 0.3) is 11.1 Å². The standard InChI is InChI=1S/C15H14Cl2O3S/c1-10-6-11(8-16)2-4-13(10)14-5-3-12(9-17)7-15(14)21(18,19)20/h2-7H,8-9H2,1H3,(H,18,19,20). The summed E-state index contributed by atoms with van der Waals surface area (Å²) in [5.41, 5.74) is 3.64. The lowest BCUT2D eigenvalue weighted by Gasteiger charge is -2.12. The van der Waals surface area contributed by atoms with Crippen LogP contribution in [0.1, 0.15) is 16.7 Å². The van der Waals surface area contributed by atoms with Crippen LogP contribution < -0.4 is 0 Å². The van der Waals surface area contributed by atoms with Crippen molar-refractivity contribution in [3.05, 3.63) is 53.1 Å². The topological polar surface area (TPSA) is 54.4 Å². The summed E-state index contributed by atoms with van der Waals surface area (Å²) in [7, 11) is -4.33. The predicted molar refractivity (Wildman–Crippen MR) is 85.5 cm³/mol. The van der Waals surface area contributed by atoms with Crippen molar-refractivity contribution in [1.82, 2.24) is 0 Å². The van der Waals surface area contributed by atoms with E-state index in [1.54, 1.807) is 18.2 Å². The van der Waals surface area contributed by atoms with Crippen molar-refractivity contribution >= 4 is 33.3 Å². The van der Waals surface area contributed by atoms with Gasteiger partial charge in [-0.25, -0.2) is 0 Å². The van der Waals surface area contributed by atoms with Gasteiger partial charge in [-0.1, -0.05) is 30.3 Å². The summed E-state index contributed by atoms with van der Waals surface area (Å²) in [6.45, 7) is 1.87. The molecule has 0 spiro atoms. The van der Waals surface area contributed by atoms with Gasteiger partial charge in [-0.3, -0.25) is 4.55 Å². The maximum atomic E-state index is 11.6. The summed E-state index contributed by atoms with van der Waals surface area (Å²) >= 11 is 11.5. The summed E-state index contributed by atoms with van der Waals surface area (Å²) in [4.78, 5) is -0.137.